The number of benzene rings is 1. The van der Waals surface area contributed by atoms with Gasteiger partial charge in [-0.1, -0.05) is 0 Å². The van der Waals surface area contributed by atoms with Crippen LogP contribution in [0.1, 0.15) is 18.9 Å². The summed E-state index contributed by atoms with van der Waals surface area (Å²) in [7, 11) is 0. The second-order valence-corrected chi connectivity index (χ2v) is 4.69. The number of amides is 1. The molecule has 1 amide bonds. The molecule has 0 saturated carbocycles. The lowest BCUT2D eigenvalue weighted by atomic mass is 10.0. The molecule has 1 aromatic carbocycles. The predicted octanol–water partition coefficient (Wildman–Crippen LogP) is 0.634. The van der Waals surface area contributed by atoms with Crippen molar-refractivity contribution in [1.29, 1.82) is 5.26 Å². The zero-order valence-corrected chi connectivity index (χ0v) is 10.8. The Bertz CT molecular complexity index is 492. The number of rotatable bonds is 3. The first-order chi connectivity index (χ1) is 9.17. The van der Waals surface area contributed by atoms with Crippen LogP contribution in [0.2, 0.25) is 0 Å². The summed E-state index contributed by atoms with van der Waals surface area (Å²) in [6, 6.07) is 8.76. The number of hydrogen-bond acceptors (Lipinski definition) is 4. The van der Waals surface area contributed by atoms with Crippen molar-refractivity contribution in [3.63, 3.8) is 0 Å². The van der Waals surface area contributed by atoms with Crippen molar-refractivity contribution in [2.75, 3.05) is 18.1 Å². The number of anilines is 1. The van der Waals surface area contributed by atoms with Gasteiger partial charge in [0.2, 0.25) is 5.91 Å². The van der Waals surface area contributed by atoms with Gasteiger partial charge in [-0.2, -0.15) is 5.26 Å². The molecule has 1 saturated heterocycles. The molecule has 0 aromatic heterocycles. The Balaban J connectivity index is 2.24. The number of aliphatic hydroxyl groups excluding tert-OH is 1. The fraction of sp³-hybridized carbons (Fsp3) is 0.429. The molecule has 1 heterocycles. The van der Waals surface area contributed by atoms with E-state index < -0.39 is 0 Å². The summed E-state index contributed by atoms with van der Waals surface area (Å²) >= 11 is 0. The Hall–Kier alpha value is -1.90. The molecular formula is C14H17N3O2. The van der Waals surface area contributed by atoms with Gasteiger partial charge in [-0.05, 0) is 37.6 Å². The van der Waals surface area contributed by atoms with Crippen molar-refractivity contribution >= 4 is 11.6 Å². The average molecular weight is 259 g/mol. The molecule has 1 aliphatic rings. The predicted molar refractivity (Wildman–Crippen MR) is 71.6 cm³/mol. The van der Waals surface area contributed by atoms with Crippen LogP contribution >= 0.6 is 0 Å². The molecule has 2 atom stereocenters. The van der Waals surface area contributed by atoms with E-state index in [2.05, 4.69) is 11.4 Å². The zero-order chi connectivity index (χ0) is 13.8. The Labute approximate surface area is 112 Å². The smallest absolute Gasteiger partial charge is 0.244 e. The third kappa shape index (κ3) is 2.75. The van der Waals surface area contributed by atoms with Crippen LogP contribution in [0.5, 0.6) is 0 Å². The molecule has 1 aromatic rings. The van der Waals surface area contributed by atoms with Crippen molar-refractivity contribution in [3.8, 4) is 6.07 Å². The fourth-order valence-corrected chi connectivity index (χ4v) is 2.31. The van der Waals surface area contributed by atoms with Crippen LogP contribution in [-0.2, 0) is 4.79 Å². The molecule has 0 radical (unpaired) electrons. The summed E-state index contributed by atoms with van der Waals surface area (Å²) < 4.78 is 0. The van der Waals surface area contributed by atoms with Gasteiger partial charge < -0.3 is 15.3 Å². The minimum Gasteiger partial charge on any atom is -0.396 e. The van der Waals surface area contributed by atoms with Gasteiger partial charge in [-0.25, -0.2) is 0 Å². The van der Waals surface area contributed by atoms with Gasteiger partial charge in [0, 0.05) is 24.9 Å². The van der Waals surface area contributed by atoms with Crippen LogP contribution in [0, 0.1) is 11.3 Å². The summed E-state index contributed by atoms with van der Waals surface area (Å²) in [4.78, 5) is 14.1. The SMILES string of the molecule is CC1CNC(CCO)C(=O)N1c1ccc(C#N)cc1. The van der Waals surface area contributed by atoms with Crippen molar-refractivity contribution in [2.24, 2.45) is 0 Å². The fourth-order valence-electron chi connectivity index (χ4n) is 2.31. The highest BCUT2D eigenvalue weighted by atomic mass is 16.3. The molecule has 0 bridgehead atoms. The number of nitrogens with one attached hydrogen (secondary N) is 1. The first-order valence-corrected chi connectivity index (χ1v) is 6.35. The molecular weight excluding hydrogens is 242 g/mol. The topological polar surface area (TPSA) is 76.4 Å². The summed E-state index contributed by atoms with van der Waals surface area (Å²) in [6.07, 6.45) is 0.415. The van der Waals surface area contributed by atoms with E-state index in [1.165, 1.54) is 0 Å². The van der Waals surface area contributed by atoms with Gasteiger partial charge in [-0.3, -0.25) is 4.79 Å². The van der Waals surface area contributed by atoms with Gasteiger partial charge in [0.25, 0.3) is 0 Å². The molecule has 1 aliphatic heterocycles. The number of nitriles is 1. The summed E-state index contributed by atoms with van der Waals surface area (Å²) in [5.41, 5.74) is 1.37. The van der Waals surface area contributed by atoms with Gasteiger partial charge in [0.1, 0.15) is 0 Å². The Morgan fingerprint density at radius 1 is 1.47 bits per heavy atom. The molecule has 0 spiro atoms. The Morgan fingerprint density at radius 2 is 2.16 bits per heavy atom. The van der Waals surface area contributed by atoms with Crippen LogP contribution in [0.25, 0.3) is 0 Å². The van der Waals surface area contributed by atoms with Crippen molar-refractivity contribution < 1.29 is 9.90 Å². The molecule has 100 valence electrons. The number of nitrogens with zero attached hydrogens (tertiary/aromatic N) is 2. The second kappa shape index (κ2) is 5.83. The highest BCUT2D eigenvalue weighted by molar-refractivity contribution is 5.98. The van der Waals surface area contributed by atoms with E-state index in [0.29, 0.717) is 18.5 Å². The van der Waals surface area contributed by atoms with E-state index >= 15 is 0 Å². The van der Waals surface area contributed by atoms with Crippen LogP contribution in [0.4, 0.5) is 5.69 Å². The Kier molecular flexibility index (Phi) is 4.15. The van der Waals surface area contributed by atoms with Gasteiger partial charge >= 0.3 is 0 Å². The highest BCUT2D eigenvalue weighted by Gasteiger charge is 2.33. The number of hydrogen-bond donors (Lipinski definition) is 2. The number of aliphatic hydroxyl groups is 1. The standard InChI is InChI=1S/C14H17N3O2/c1-10-9-16-13(6-7-18)14(19)17(10)12-4-2-11(8-15)3-5-12/h2-5,10,13,16,18H,6-7,9H2,1H3. The van der Waals surface area contributed by atoms with Crippen molar-refractivity contribution in [1.82, 2.24) is 5.32 Å². The largest absolute Gasteiger partial charge is 0.396 e. The summed E-state index contributed by atoms with van der Waals surface area (Å²) in [6.45, 7) is 2.65. The normalized spacial score (nSPS) is 23.2. The maximum absolute atomic E-state index is 12.4. The van der Waals surface area contributed by atoms with E-state index in [1.807, 2.05) is 6.92 Å². The van der Waals surface area contributed by atoms with Gasteiger partial charge in [0.15, 0.2) is 0 Å². The van der Waals surface area contributed by atoms with Crippen LogP contribution < -0.4 is 10.2 Å². The van der Waals surface area contributed by atoms with E-state index in [4.69, 9.17) is 10.4 Å². The van der Waals surface area contributed by atoms with E-state index in [0.717, 1.165) is 5.69 Å². The monoisotopic (exact) mass is 259 g/mol. The maximum Gasteiger partial charge on any atom is 0.244 e. The third-order valence-corrected chi connectivity index (χ3v) is 3.33. The molecule has 5 nitrogen and oxygen atoms in total. The minimum absolute atomic E-state index is 0.0149. The first kappa shape index (κ1) is 13.5. The summed E-state index contributed by atoms with van der Waals surface area (Å²) in [5.74, 6) is -0.0301. The van der Waals surface area contributed by atoms with Gasteiger partial charge in [0.05, 0.1) is 17.7 Å². The molecule has 19 heavy (non-hydrogen) atoms. The second-order valence-electron chi connectivity index (χ2n) is 4.69. The van der Waals surface area contributed by atoms with E-state index in [1.54, 1.807) is 29.2 Å². The highest BCUT2D eigenvalue weighted by Crippen LogP contribution is 2.22. The zero-order valence-electron chi connectivity index (χ0n) is 10.8. The van der Waals surface area contributed by atoms with Crippen LogP contribution in [0.15, 0.2) is 24.3 Å². The molecule has 5 heteroatoms. The molecule has 2 unspecified atom stereocenters. The maximum atomic E-state index is 12.4. The number of carbonyl (C=O) groups excluding carboxylic acids is 1. The van der Waals surface area contributed by atoms with E-state index in [-0.39, 0.29) is 24.6 Å². The lowest BCUT2D eigenvalue weighted by Crippen LogP contribution is -2.59. The first-order valence-electron chi connectivity index (χ1n) is 6.35. The third-order valence-electron chi connectivity index (χ3n) is 3.33. The van der Waals surface area contributed by atoms with E-state index in [9.17, 15) is 4.79 Å². The summed E-state index contributed by atoms with van der Waals surface area (Å²) in [5, 5.41) is 20.9. The average Bonchev–Trinajstić information content (AvgIpc) is 2.43. The molecule has 2 rings (SSSR count). The van der Waals surface area contributed by atoms with Crippen molar-refractivity contribution in [2.45, 2.75) is 25.4 Å². The van der Waals surface area contributed by atoms with Gasteiger partial charge in [-0.15, -0.1) is 0 Å². The lowest BCUT2D eigenvalue weighted by Gasteiger charge is -2.38. The minimum atomic E-state index is -0.336. The quantitative estimate of drug-likeness (QED) is 0.835. The Morgan fingerprint density at radius 3 is 2.74 bits per heavy atom. The van der Waals surface area contributed by atoms with Crippen LogP contribution in [-0.4, -0.2) is 36.2 Å². The van der Waals surface area contributed by atoms with Crippen LogP contribution in [0.3, 0.4) is 0 Å². The number of carbonyl (C=O) groups is 1. The number of piperazine rings is 1. The molecule has 0 aliphatic carbocycles. The lowest BCUT2D eigenvalue weighted by molar-refractivity contribution is -0.122. The molecule has 2 N–H and O–H groups in total. The molecule has 1 fully saturated rings. The van der Waals surface area contributed by atoms with Crippen molar-refractivity contribution in [3.05, 3.63) is 29.8 Å².